The van der Waals surface area contributed by atoms with E-state index in [2.05, 4.69) is 72.0 Å². The summed E-state index contributed by atoms with van der Waals surface area (Å²) in [7, 11) is 6.37. The Morgan fingerprint density at radius 2 is 1.79 bits per heavy atom. The van der Waals surface area contributed by atoms with Crippen LogP contribution >= 0.6 is 15.9 Å². The maximum atomic E-state index is 6.20. The predicted molar refractivity (Wildman–Crippen MR) is 86.3 cm³/mol. The Bertz CT molecular complexity index is 379. The van der Waals surface area contributed by atoms with E-state index in [1.165, 1.54) is 5.56 Å². The van der Waals surface area contributed by atoms with Crippen LogP contribution in [-0.2, 0) is 0 Å². The normalized spacial score (nSPS) is 14.9. The van der Waals surface area contributed by atoms with Crippen LogP contribution in [0.4, 0.5) is 0 Å². The largest absolute Gasteiger partial charge is 0.326 e. The van der Waals surface area contributed by atoms with Crippen molar-refractivity contribution in [3.8, 4) is 0 Å². The van der Waals surface area contributed by atoms with Gasteiger partial charge in [-0.25, -0.2) is 0 Å². The molecule has 0 radical (unpaired) electrons. The first-order valence-electron chi connectivity index (χ1n) is 6.78. The van der Waals surface area contributed by atoms with Crippen molar-refractivity contribution >= 4 is 15.9 Å². The molecule has 0 aromatic heterocycles. The van der Waals surface area contributed by atoms with Gasteiger partial charge < -0.3 is 10.6 Å². The molecule has 1 aromatic carbocycles. The third-order valence-corrected chi connectivity index (χ3v) is 4.04. The molecule has 2 atom stereocenters. The number of hydrogen-bond acceptors (Lipinski definition) is 3. The van der Waals surface area contributed by atoms with Gasteiger partial charge in [0, 0.05) is 10.5 Å². The molecule has 2 unspecified atom stereocenters. The van der Waals surface area contributed by atoms with Crippen LogP contribution in [-0.4, -0.2) is 50.1 Å². The molecule has 0 bridgehead atoms. The SMILES string of the molecule is CC(N)C(c1ccccc1Br)N(C)CCCN(C)C. The zero-order chi connectivity index (χ0) is 14.4. The second kappa shape index (κ2) is 8.00. The highest BCUT2D eigenvalue weighted by Gasteiger charge is 2.22. The molecule has 0 saturated heterocycles. The average Bonchev–Trinajstić information content (AvgIpc) is 2.31. The summed E-state index contributed by atoms with van der Waals surface area (Å²) in [4.78, 5) is 4.57. The summed E-state index contributed by atoms with van der Waals surface area (Å²) in [6, 6.07) is 8.70. The molecular weight excluding hydrogens is 302 g/mol. The molecule has 0 amide bonds. The lowest BCUT2D eigenvalue weighted by Crippen LogP contribution is -2.38. The van der Waals surface area contributed by atoms with Gasteiger partial charge in [0.05, 0.1) is 6.04 Å². The smallest absolute Gasteiger partial charge is 0.0504 e. The minimum absolute atomic E-state index is 0.100. The molecule has 2 N–H and O–H groups in total. The van der Waals surface area contributed by atoms with E-state index in [4.69, 9.17) is 5.73 Å². The van der Waals surface area contributed by atoms with Gasteiger partial charge in [0.15, 0.2) is 0 Å². The molecule has 0 aliphatic rings. The summed E-state index contributed by atoms with van der Waals surface area (Å²) in [6.07, 6.45) is 1.15. The maximum absolute atomic E-state index is 6.20. The van der Waals surface area contributed by atoms with Crippen LogP contribution in [0.1, 0.15) is 24.9 Å². The Labute approximate surface area is 125 Å². The van der Waals surface area contributed by atoms with Gasteiger partial charge in [-0.3, -0.25) is 4.90 Å². The number of benzene rings is 1. The molecule has 0 aliphatic carbocycles. The van der Waals surface area contributed by atoms with Crippen molar-refractivity contribution in [2.45, 2.75) is 25.4 Å². The second-order valence-electron chi connectivity index (χ2n) is 5.46. The van der Waals surface area contributed by atoms with Crippen molar-refractivity contribution < 1.29 is 0 Å². The van der Waals surface area contributed by atoms with Crippen molar-refractivity contribution in [3.63, 3.8) is 0 Å². The predicted octanol–water partition coefficient (Wildman–Crippen LogP) is 2.72. The van der Waals surface area contributed by atoms with Gasteiger partial charge in [-0.15, -0.1) is 0 Å². The maximum Gasteiger partial charge on any atom is 0.0504 e. The van der Waals surface area contributed by atoms with Crippen molar-refractivity contribution in [1.82, 2.24) is 9.80 Å². The molecule has 19 heavy (non-hydrogen) atoms. The summed E-state index contributed by atoms with van der Waals surface area (Å²) in [6.45, 7) is 4.23. The summed E-state index contributed by atoms with van der Waals surface area (Å²) in [5.74, 6) is 0. The Morgan fingerprint density at radius 1 is 1.16 bits per heavy atom. The molecule has 0 spiro atoms. The Kier molecular flexibility index (Phi) is 7.00. The van der Waals surface area contributed by atoms with E-state index in [9.17, 15) is 0 Å². The zero-order valence-electron chi connectivity index (χ0n) is 12.4. The lowest BCUT2D eigenvalue weighted by atomic mass is 9.99. The average molecular weight is 328 g/mol. The molecule has 0 aliphatic heterocycles. The van der Waals surface area contributed by atoms with Crippen molar-refractivity contribution in [3.05, 3.63) is 34.3 Å². The fourth-order valence-electron chi connectivity index (χ4n) is 2.41. The fourth-order valence-corrected chi connectivity index (χ4v) is 2.93. The quantitative estimate of drug-likeness (QED) is 0.835. The number of nitrogens with zero attached hydrogens (tertiary/aromatic N) is 2. The van der Waals surface area contributed by atoms with Gasteiger partial charge in [-0.1, -0.05) is 34.1 Å². The minimum Gasteiger partial charge on any atom is -0.326 e. The van der Waals surface area contributed by atoms with Gasteiger partial charge in [-0.05, 0) is 59.2 Å². The minimum atomic E-state index is 0.100. The summed E-state index contributed by atoms with van der Waals surface area (Å²) in [5, 5.41) is 0. The lowest BCUT2D eigenvalue weighted by Gasteiger charge is -2.32. The lowest BCUT2D eigenvalue weighted by molar-refractivity contribution is 0.207. The molecule has 108 valence electrons. The molecule has 3 nitrogen and oxygen atoms in total. The van der Waals surface area contributed by atoms with E-state index in [1.54, 1.807) is 0 Å². The second-order valence-corrected chi connectivity index (χ2v) is 6.32. The Morgan fingerprint density at radius 3 is 2.32 bits per heavy atom. The van der Waals surface area contributed by atoms with Gasteiger partial charge in [-0.2, -0.15) is 0 Å². The van der Waals surface area contributed by atoms with Gasteiger partial charge in [0.25, 0.3) is 0 Å². The molecule has 4 heteroatoms. The number of rotatable bonds is 7. The van der Waals surface area contributed by atoms with E-state index in [0.29, 0.717) is 0 Å². The van der Waals surface area contributed by atoms with Crippen LogP contribution in [0.25, 0.3) is 0 Å². The van der Waals surface area contributed by atoms with Crippen LogP contribution < -0.4 is 5.73 Å². The number of nitrogens with two attached hydrogens (primary N) is 1. The first-order valence-corrected chi connectivity index (χ1v) is 7.57. The molecule has 0 fully saturated rings. The topological polar surface area (TPSA) is 32.5 Å². The summed E-state index contributed by atoms with van der Waals surface area (Å²) < 4.78 is 1.14. The van der Waals surface area contributed by atoms with E-state index < -0.39 is 0 Å². The van der Waals surface area contributed by atoms with Crippen LogP contribution in [0.15, 0.2) is 28.7 Å². The first kappa shape index (κ1) is 16.6. The van der Waals surface area contributed by atoms with Crippen LogP contribution in [0.5, 0.6) is 0 Å². The highest BCUT2D eigenvalue weighted by Crippen LogP contribution is 2.29. The van der Waals surface area contributed by atoms with E-state index in [-0.39, 0.29) is 12.1 Å². The van der Waals surface area contributed by atoms with Gasteiger partial charge in [0.1, 0.15) is 0 Å². The summed E-state index contributed by atoms with van der Waals surface area (Å²) in [5.41, 5.74) is 7.47. The van der Waals surface area contributed by atoms with Gasteiger partial charge in [0.2, 0.25) is 0 Å². The van der Waals surface area contributed by atoms with Crippen LogP contribution in [0.3, 0.4) is 0 Å². The van der Waals surface area contributed by atoms with Crippen molar-refractivity contribution in [2.75, 3.05) is 34.2 Å². The molecule has 1 aromatic rings. The molecule has 0 heterocycles. The number of hydrogen-bond donors (Lipinski definition) is 1. The highest BCUT2D eigenvalue weighted by molar-refractivity contribution is 9.10. The Hall–Kier alpha value is -0.420. The monoisotopic (exact) mass is 327 g/mol. The molecule has 1 rings (SSSR count). The third-order valence-electron chi connectivity index (χ3n) is 3.31. The Balaban J connectivity index is 2.75. The summed E-state index contributed by atoms with van der Waals surface area (Å²) >= 11 is 3.63. The van der Waals surface area contributed by atoms with Crippen molar-refractivity contribution in [1.29, 1.82) is 0 Å². The van der Waals surface area contributed by atoms with E-state index in [1.807, 2.05) is 6.07 Å². The fraction of sp³-hybridized carbons (Fsp3) is 0.600. The van der Waals surface area contributed by atoms with Crippen molar-refractivity contribution in [2.24, 2.45) is 5.73 Å². The zero-order valence-corrected chi connectivity index (χ0v) is 14.0. The number of likely N-dealkylation sites (N-methyl/N-ethyl adjacent to an activating group) is 1. The van der Waals surface area contributed by atoms with Gasteiger partial charge >= 0.3 is 0 Å². The van der Waals surface area contributed by atoms with Crippen LogP contribution in [0, 0.1) is 0 Å². The van der Waals surface area contributed by atoms with E-state index in [0.717, 1.165) is 24.0 Å². The third kappa shape index (κ3) is 5.22. The molecule has 0 saturated carbocycles. The first-order chi connectivity index (χ1) is 8.93. The highest BCUT2D eigenvalue weighted by atomic mass is 79.9. The standard InChI is InChI=1S/C15H26BrN3/c1-12(17)15(13-8-5-6-9-14(13)16)19(4)11-7-10-18(2)3/h5-6,8-9,12,15H,7,10-11,17H2,1-4H3. The number of halogens is 1. The molecular formula is C15H26BrN3. The van der Waals surface area contributed by atoms with E-state index >= 15 is 0 Å². The van der Waals surface area contributed by atoms with Crippen LogP contribution in [0.2, 0.25) is 0 Å².